The molecule has 0 aromatic carbocycles. The monoisotopic (exact) mass is 350 g/mol. The molecule has 112 valence electrons. The molecule has 0 aromatic heterocycles. The molecule has 0 saturated carbocycles. The van der Waals surface area contributed by atoms with Crippen LogP contribution in [-0.4, -0.2) is 24.1 Å². The fraction of sp³-hybridized carbons (Fsp3) is 1.00. The largest absolute Gasteiger partial charge is 1.00 e. The normalized spacial score (nSPS) is 9.33. The van der Waals surface area contributed by atoms with E-state index in [1.165, 1.54) is 51.4 Å². The summed E-state index contributed by atoms with van der Waals surface area (Å²) >= 11 is 0. The van der Waals surface area contributed by atoms with Crippen molar-refractivity contribution in [1.29, 1.82) is 0 Å². The Labute approximate surface area is 196 Å². The van der Waals surface area contributed by atoms with Gasteiger partial charge in [0.1, 0.15) is 0 Å². The first kappa shape index (κ1) is 35.0. The Morgan fingerprint density at radius 3 is 1.14 bits per heavy atom. The van der Waals surface area contributed by atoms with E-state index < -0.39 is 10.4 Å². The van der Waals surface area contributed by atoms with E-state index in [-0.39, 0.29) is 95.3 Å². The molecule has 0 aromatic rings. The van der Waals surface area contributed by atoms with E-state index in [9.17, 15) is 5.11 Å². The standard InChI is InChI=1S/C12H25O.3Na.H2O4S/c1-2-3-4-5-6-7-8-9-10-11-12-13;;;;1-5(2,3)4/h2-12H2,1H3;;;;(H2,1,2,3,4)/q-1;3*+1;/p-2. The van der Waals surface area contributed by atoms with Crippen LogP contribution in [0.1, 0.15) is 71.1 Å². The maximum absolute atomic E-state index is 10.1. The molecule has 0 saturated heterocycles. The van der Waals surface area contributed by atoms with E-state index in [2.05, 4.69) is 6.92 Å². The van der Waals surface area contributed by atoms with Crippen LogP contribution in [0.15, 0.2) is 0 Å². The number of hydrogen-bond donors (Lipinski definition) is 0. The van der Waals surface area contributed by atoms with Gasteiger partial charge in [-0.15, -0.1) is 6.61 Å². The molecular weight excluding hydrogens is 325 g/mol. The molecule has 0 spiro atoms. The van der Waals surface area contributed by atoms with Crippen molar-refractivity contribution in [3.63, 3.8) is 0 Å². The summed E-state index contributed by atoms with van der Waals surface area (Å²) in [6, 6.07) is 0. The third-order valence-corrected chi connectivity index (χ3v) is 2.50. The van der Waals surface area contributed by atoms with E-state index in [0.717, 1.165) is 12.8 Å². The summed E-state index contributed by atoms with van der Waals surface area (Å²) in [4.78, 5) is 0. The Balaban J connectivity index is -0.0000000933. The molecule has 0 atom stereocenters. The Kier molecular flexibility index (Phi) is 46.2. The van der Waals surface area contributed by atoms with Gasteiger partial charge in [0.15, 0.2) is 0 Å². The van der Waals surface area contributed by atoms with Crippen molar-refractivity contribution in [2.75, 3.05) is 6.61 Å². The summed E-state index contributed by atoms with van der Waals surface area (Å²) in [6.07, 6.45) is 13.0. The maximum atomic E-state index is 10.1. The van der Waals surface area contributed by atoms with Gasteiger partial charge in [0, 0.05) is 10.4 Å². The predicted octanol–water partition coefficient (Wildman–Crippen LogP) is -7.06. The van der Waals surface area contributed by atoms with Crippen molar-refractivity contribution in [2.45, 2.75) is 71.1 Å². The second-order valence-electron chi connectivity index (χ2n) is 4.29. The predicted molar refractivity (Wildman–Crippen MR) is 67.2 cm³/mol. The van der Waals surface area contributed by atoms with Crippen LogP contribution in [0.25, 0.3) is 0 Å². The Bertz CT molecular complexity index is 233. The van der Waals surface area contributed by atoms with Crippen LogP contribution in [0, 0.1) is 0 Å². The van der Waals surface area contributed by atoms with E-state index in [1.54, 1.807) is 0 Å². The van der Waals surface area contributed by atoms with Gasteiger partial charge in [0.05, 0.1) is 0 Å². The molecule has 0 N–H and O–H groups in total. The smallest absolute Gasteiger partial charge is 0.854 e. The summed E-state index contributed by atoms with van der Waals surface area (Å²) in [5.41, 5.74) is 0. The first-order valence-corrected chi connectivity index (χ1v) is 8.00. The molecule has 0 fully saturated rings. The number of unbranched alkanes of at least 4 members (excludes halogenated alkanes) is 9. The number of hydrogen-bond acceptors (Lipinski definition) is 5. The summed E-state index contributed by atoms with van der Waals surface area (Å²) < 4.78 is 34.1. The van der Waals surface area contributed by atoms with E-state index in [4.69, 9.17) is 17.5 Å². The zero-order valence-corrected chi connectivity index (χ0v) is 21.0. The molecule has 0 rings (SSSR count). The Morgan fingerprint density at radius 2 is 0.905 bits per heavy atom. The molecule has 0 aliphatic carbocycles. The average Bonchev–Trinajstić information content (AvgIpc) is 2.25. The molecule has 5 nitrogen and oxygen atoms in total. The summed E-state index contributed by atoms with van der Waals surface area (Å²) in [7, 11) is -5.17. The number of rotatable bonds is 10. The van der Waals surface area contributed by atoms with E-state index in [0.29, 0.717) is 0 Å². The first-order valence-electron chi connectivity index (χ1n) is 6.66. The van der Waals surface area contributed by atoms with E-state index >= 15 is 0 Å². The van der Waals surface area contributed by atoms with Gasteiger partial charge in [-0.3, -0.25) is 8.42 Å². The van der Waals surface area contributed by atoms with Gasteiger partial charge >= 0.3 is 88.7 Å². The van der Waals surface area contributed by atoms with Gasteiger partial charge in [0.2, 0.25) is 0 Å². The van der Waals surface area contributed by atoms with Crippen LogP contribution in [-0.2, 0) is 10.4 Å². The van der Waals surface area contributed by atoms with Crippen molar-refractivity contribution >= 4 is 10.4 Å². The molecule has 0 bridgehead atoms. The molecule has 21 heavy (non-hydrogen) atoms. The fourth-order valence-corrected chi connectivity index (χ4v) is 1.59. The third kappa shape index (κ3) is 60.2. The first-order chi connectivity index (χ1) is 8.41. The van der Waals surface area contributed by atoms with Crippen LogP contribution in [0.4, 0.5) is 0 Å². The summed E-state index contributed by atoms with van der Waals surface area (Å²) in [5.74, 6) is 0. The second kappa shape index (κ2) is 27.7. The van der Waals surface area contributed by atoms with Gasteiger partial charge in [0.25, 0.3) is 0 Å². The van der Waals surface area contributed by atoms with Gasteiger partial charge in [-0.25, -0.2) is 0 Å². The van der Waals surface area contributed by atoms with Crippen molar-refractivity contribution in [2.24, 2.45) is 0 Å². The molecular formula is C12H25Na3O5S. The fourth-order valence-electron chi connectivity index (χ4n) is 1.59. The topological polar surface area (TPSA) is 103 Å². The SMILES string of the molecule is CCCCCCCCCCCC[O-].O=S(=O)([O-])[O-].[Na+].[Na+].[Na+]. The maximum Gasteiger partial charge on any atom is 1.00 e. The van der Waals surface area contributed by atoms with Crippen molar-refractivity contribution in [3.05, 3.63) is 0 Å². The molecule has 9 heteroatoms. The van der Waals surface area contributed by atoms with Crippen LogP contribution in [0.2, 0.25) is 0 Å². The van der Waals surface area contributed by atoms with Crippen molar-refractivity contribution in [1.82, 2.24) is 0 Å². The van der Waals surface area contributed by atoms with E-state index in [1.807, 2.05) is 0 Å². The van der Waals surface area contributed by atoms with Gasteiger partial charge in [-0.2, -0.15) is 0 Å². The van der Waals surface area contributed by atoms with Crippen LogP contribution in [0.3, 0.4) is 0 Å². The van der Waals surface area contributed by atoms with Crippen molar-refractivity contribution in [3.8, 4) is 0 Å². The average molecular weight is 350 g/mol. The minimum Gasteiger partial charge on any atom is -0.854 e. The molecule has 0 radical (unpaired) electrons. The Morgan fingerprint density at radius 1 is 0.667 bits per heavy atom. The minimum absolute atomic E-state index is 0. The Hall–Kier alpha value is 2.83. The molecule has 0 aliphatic rings. The van der Waals surface area contributed by atoms with Crippen molar-refractivity contribution < 1.29 is 111 Å². The van der Waals surface area contributed by atoms with Gasteiger partial charge in [-0.05, 0) is 0 Å². The van der Waals surface area contributed by atoms with Gasteiger partial charge in [-0.1, -0.05) is 71.1 Å². The zero-order valence-electron chi connectivity index (χ0n) is 14.2. The minimum atomic E-state index is -5.17. The third-order valence-electron chi connectivity index (χ3n) is 2.50. The molecule has 0 aliphatic heterocycles. The van der Waals surface area contributed by atoms with Crippen LogP contribution < -0.4 is 93.8 Å². The summed E-state index contributed by atoms with van der Waals surface area (Å²) in [6.45, 7) is 2.37. The zero-order chi connectivity index (χ0) is 14.3. The van der Waals surface area contributed by atoms with Crippen LogP contribution >= 0.6 is 0 Å². The summed E-state index contributed by atoms with van der Waals surface area (Å²) in [5, 5.41) is 10.1. The quantitative estimate of drug-likeness (QED) is 0.169. The van der Waals surface area contributed by atoms with Gasteiger partial charge < -0.3 is 14.2 Å². The molecule has 0 heterocycles. The van der Waals surface area contributed by atoms with Crippen LogP contribution in [0.5, 0.6) is 0 Å². The second-order valence-corrected chi connectivity index (χ2v) is 5.11. The molecule has 0 amide bonds. The molecule has 0 unspecified atom stereocenters.